The molecular formula is C29H34N2O13. The molecule has 2 aromatic rings. The van der Waals surface area contributed by atoms with E-state index in [2.05, 4.69) is 15.5 Å². The first-order valence-corrected chi connectivity index (χ1v) is 13.4. The van der Waals surface area contributed by atoms with Crippen LogP contribution in [0, 0.1) is 4.91 Å². The lowest BCUT2D eigenvalue weighted by atomic mass is 10.2. The molecule has 238 valence electrons. The number of esters is 4. The van der Waals surface area contributed by atoms with E-state index in [1.165, 1.54) is 43.3 Å². The quantitative estimate of drug-likeness (QED) is 0.0701. The summed E-state index contributed by atoms with van der Waals surface area (Å²) >= 11 is 0. The number of benzene rings is 2. The van der Waals surface area contributed by atoms with Gasteiger partial charge in [0.2, 0.25) is 6.79 Å². The van der Waals surface area contributed by atoms with Crippen LogP contribution < -0.4 is 19.5 Å². The zero-order valence-corrected chi connectivity index (χ0v) is 24.7. The Labute approximate surface area is 252 Å². The second kappa shape index (κ2) is 17.7. The topological polar surface area (TPSA) is 191 Å². The summed E-state index contributed by atoms with van der Waals surface area (Å²) in [5.74, 6) is -3.21. The molecule has 1 amide bonds. The molecule has 0 bridgehead atoms. The highest BCUT2D eigenvalue weighted by atomic mass is 16.7. The van der Waals surface area contributed by atoms with Crippen LogP contribution in [0.2, 0.25) is 0 Å². The number of nitrogens with one attached hydrogen (secondary N) is 1. The third-order valence-electron chi connectivity index (χ3n) is 5.08. The van der Waals surface area contributed by atoms with Gasteiger partial charge in [-0.3, -0.25) is 9.59 Å². The van der Waals surface area contributed by atoms with Crippen molar-refractivity contribution >= 4 is 30.0 Å². The first kappa shape index (κ1) is 35.0. The van der Waals surface area contributed by atoms with E-state index >= 15 is 0 Å². The molecule has 44 heavy (non-hydrogen) atoms. The first-order valence-electron chi connectivity index (χ1n) is 13.4. The number of hydrogen-bond donors (Lipinski definition) is 1. The van der Waals surface area contributed by atoms with E-state index in [1.807, 2.05) is 0 Å². The van der Waals surface area contributed by atoms with Crippen LogP contribution >= 0.6 is 0 Å². The summed E-state index contributed by atoms with van der Waals surface area (Å²) in [4.78, 5) is 75.1. The lowest BCUT2D eigenvalue weighted by Crippen LogP contribution is -2.34. The largest absolute Gasteiger partial charge is 0.490 e. The van der Waals surface area contributed by atoms with Gasteiger partial charge in [-0.25, -0.2) is 14.4 Å². The summed E-state index contributed by atoms with van der Waals surface area (Å²) in [6.45, 7) is 5.67. The highest BCUT2D eigenvalue weighted by molar-refractivity contribution is 5.94. The summed E-state index contributed by atoms with van der Waals surface area (Å²) in [5, 5.41) is 4.75. The number of carbonyl (C=O) groups excluding carboxylic acids is 5. The number of para-hydroxylation sites is 1. The van der Waals surface area contributed by atoms with Crippen molar-refractivity contribution < 1.29 is 57.2 Å². The molecule has 15 heteroatoms. The molecule has 2 rings (SSSR count). The lowest BCUT2D eigenvalue weighted by molar-refractivity contribution is -0.134. The maximum Gasteiger partial charge on any atom is 0.407 e. The van der Waals surface area contributed by atoms with Crippen LogP contribution in [0.4, 0.5) is 4.79 Å². The van der Waals surface area contributed by atoms with Crippen molar-refractivity contribution in [2.45, 2.75) is 52.6 Å². The molecule has 0 radical (unpaired) electrons. The van der Waals surface area contributed by atoms with Crippen molar-refractivity contribution in [3.05, 3.63) is 58.5 Å². The molecule has 0 aliphatic carbocycles. The third-order valence-corrected chi connectivity index (χ3v) is 5.08. The summed E-state index contributed by atoms with van der Waals surface area (Å²) < 4.78 is 31.2. The fourth-order valence-electron chi connectivity index (χ4n) is 3.25. The zero-order valence-electron chi connectivity index (χ0n) is 24.7. The molecule has 0 saturated heterocycles. The average Bonchev–Trinajstić information content (AvgIpc) is 2.94. The number of alkyl carbamates (subject to hydrolysis) is 1. The van der Waals surface area contributed by atoms with Crippen molar-refractivity contribution in [3.63, 3.8) is 0 Å². The van der Waals surface area contributed by atoms with E-state index < -0.39 is 42.4 Å². The Hall–Kier alpha value is -5.21. The third kappa shape index (κ3) is 13.2. The predicted molar refractivity (Wildman–Crippen MR) is 151 cm³/mol. The number of amides is 1. The van der Waals surface area contributed by atoms with E-state index in [0.717, 1.165) is 0 Å². The number of unbranched alkanes of at least 4 members (excludes halogenated alkanes) is 1. The molecule has 1 N–H and O–H groups in total. The van der Waals surface area contributed by atoms with Crippen LogP contribution in [0.25, 0.3) is 0 Å². The molecule has 0 fully saturated rings. The Kier molecular flexibility index (Phi) is 14.1. The van der Waals surface area contributed by atoms with Crippen molar-refractivity contribution in [2.75, 3.05) is 26.6 Å². The monoisotopic (exact) mass is 618 g/mol. The van der Waals surface area contributed by atoms with E-state index in [9.17, 15) is 28.9 Å². The molecule has 0 aromatic heterocycles. The molecule has 0 atom stereocenters. The van der Waals surface area contributed by atoms with Crippen molar-refractivity contribution in [3.8, 4) is 17.2 Å². The average molecular weight is 619 g/mol. The van der Waals surface area contributed by atoms with E-state index in [-0.39, 0.29) is 54.6 Å². The summed E-state index contributed by atoms with van der Waals surface area (Å²) in [5.41, 5.74) is -0.826. The van der Waals surface area contributed by atoms with Gasteiger partial charge in [-0.15, -0.1) is 4.91 Å². The van der Waals surface area contributed by atoms with Crippen LogP contribution in [0.3, 0.4) is 0 Å². The Balaban J connectivity index is 2.03. The molecular weight excluding hydrogens is 584 g/mol. The maximum atomic E-state index is 12.7. The van der Waals surface area contributed by atoms with E-state index in [0.29, 0.717) is 12.8 Å². The van der Waals surface area contributed by atoms with Crippen molar-refractivity contribution in [2.24, 2.45) is 5.34 Å². The minimum Gasteiger partial charge on any atom is -0.490 e. The fourth-order valence-corrected chi connectivity index (χ4v) is 3.25. The van der Waals surface area contributed by atoms with Crippen molar-refractivity contribution in [1.29, 1.82) is 0 Å². The van der Waals surface area contributed by atoms with Crippen molar-refractivity contribution in [1.82, 2.24) is 5.32 Å². The second-order valence-corrected chi connectivity index (χ2v) is 9.85. The molecule has 2 aromatic carbocycles. The fraction of sp³-hybridized carbons (Fsp3) is 0.414. The second-order valence-electron chi connectivity index (χ2n) is 9.85. The lowest BCUT2D eigenvalue weighted by Gasteiger charge is -2.19. The molecule has 0 aliphatic heterocycles. The minimum absolute atomic E-state index is 0.0207. The van der Waals surface area contributed by atoms with Gasteiger partial charge < -0.3 is 38.6 Å². The molecule has 0 unspecified atom stereocenters. The van der Waals surface area contributed by atoms with Gasteiger partial charge >= 0.3 is 30.0 Å². The van der Waals surface area contributed by atoms with E-state index in [4.69, 9.17) is 28.4 Å². The van der Waals surface area contributed by atoms with Gasteiger partial charge in [-0.05, 0) is 63.9 Å². The van der Waals surface area contributed by atoms with Gasteiger partial charge in [0.15, 0.2) is 16.8 Å². The standard InChI is InChI=1S/C29H34N2O13/c1-19(32)42-22-10-6-5-9-21(22)27(35)40-18-39-26(34)20-11-12-23(38-15-7-8-16-41-31-37)24(17-20)43-25(33)13-14-30-28(36)44-29(2,3)4/h5-6,9-12,17H,7-8,13-16,18H2,1-4H3,(H,30,36). The van der Waals surface area contributed by atoms with Crippen LogP contribution in [-0.4, -0.2) is 62.1 Å². The first-order chi connectivity index (χ1) is 20.9. The van der Waals surface area contributed by atoms with E-state index in [1.54, 1.807) is 26.8 Å². The van der Waals surface area contributed by atoms with Gasteiger partial charge in [0.25, 0.3) is 0 Å². The van der Waals surface area contributed by atoms with Gasteiger partial charge in [0.05, 0.1) is 18.6 Å². The summed E-state index contributed by atoms with van der Waals surface area (Å²) in [6.07, 6.45) is 0.00145. The Bertz CT molecular complexity index is 1320. The Morgan fingerprint density at radius 2 is 1.55 bits per heavy atom. The van der Waals surface area contributed by atoms with Gasteiger partial charge in [0, 0.05) is 13.5 Å². The number of nitrogens with zero attached hydrogens (tertiary/aromatic N) is 1. The normalized spacial score (nSPS) is 10.5. The number of carbonyl (C=O) groups is 5. The predicted octanol–water partition coefficient (Wildman–Crippen LogP) is 4.26. The Morgan fingerprint density at radius 1 is 0.841 bits per heavy atom. The van der Waals surface area contributed by atoms with Crippen LogP contribution in [0.1, 0.15) is 67.7 Å². The number of rotatable bonds is 16. The summed E-state index contributed by atoms with van der Waals surface area (Å²) in [6, 6.07) is 9.79. The minimum atomic E-state index is -0.917. The highest BCUT2D eigenvalue weighted by Crippen LogP contribution is 2.29. The summed E-state index contributed by atoms with van der Waals surface area (Å²) in [7, 11) is 0. The van der Waals surface area contributed by atoms with Crippen LogP contribution in [0.15, 0.2) is 47.8 Å². The maximum absolute atomic E-state index is 12.7. The smallest absolute Gasteiger partial charge is 0.407 e. The molecule has 0 saturated carbocycles. The molecule has 0 heterocycles. The molecule has 0 aliphatic rings. The number of hydrogen-bond acceptors (Lipinski definition) is 14. The number of ether oxygens (including phenoxy) is 6. The Morgan fingerprint density at radius 3 is 2.25 bits per heavy atom. The van der Waals surface area contributed by atoms with Gasteiger partial charge in [0.1, 0.15) is 23.5 Å². The van der Waals surface area contributed by atoms with Gasteiger partial charge in [-0.2, -0.15) is 0 Å². The van der Waals surface area contributed by atoms with Gasteiger partial charge in [-0.1, -0.05) is 12.1 Å². The van der Waals surface area contributed by atoms with Crippen LogP contribution in [0.5, 0.6) is 17.2 Å². The highest BCUT2D eigenvalue weighted by Gasteiger charge is 2.20. The SMILES string of the molecule is CC(=O)Oc1ccccc1C(=O)OCOC(=O)c1ccc(OCCCCON=O)c(OC(=O)CCNC(=O)OC(C)(C)C)c1. The zero-order chi connectivity index (χ0) is 32.5. The molecule has 15 nitrogen and oxygen atoms in total. The van der Waals surface area contributed by atoms with Crippen LogP contribution in [-0.2, 0) is 28.6 Å². The molecule has 0 spiro atoms.